The van der Waals surface area contributed by atoms with Crippen molar-refractivity contribution in [1.29, 1.82) is 0 Å². The third-order valence-corrected chi connectivity index (χ3v) is 2.83. The summed E-state index contributed by atoms with van der Waals surface area (Å²) in [5, 5.41) is 11.9. The minimum atomic E-state index is 0.306. The van der Waals surface area contributed by atoms with Crippen LogP contribution in [0.25, 0.3) is 0 Å². The molecule has 0 atom stereocenters. The molecular weight excluding hydrogens is 226 g/mol. The Morgan fingerprint density at radius 3 is 2.89 bits per heavy atom. The molecule has 0 radical (unpaired) electrons. The number of rotatable bonds is 9. The van der Waals surface area contributed by atoms with Crippen LogP contribution in [0.3, 0.4) is 0 Å². The standard InChI is InChI=1S/C14H25N3O/c1-3-15-14-11-13(7-8-16-14)12-17(2)9-5-4-6-10-18/h7-8,11,18H,3-6,9-10,12H2,1-2H3,(H,15,16). The molecule has 0 saturated heterocycles. The first-order chi connectivity index (χ1) is 8.76. The maximum Gasteiger partial charge on any atom is 0.126 e. The minimum absolute atomic E-state index is 0.306. The Hall–Kier alpha value is -1.13. The molecule has 1 rings (SSSR count). The lowest BCUT2D eigenvalue weighted by Gasteiger charge is -2.16. The molecular formula is C14H25N3O. The van der Waals surface area contributed by atoms with Crippen LogP contribution in [-0.4, -0.2) is 41.7 Å². The number of aromatic nitrogens is 1. The maximum atomic E-state index is 8.72. The molecule has 1 aromatic heterocycles. The average molecular weight is 251 g/mol. The monoisotopic (exact) mass is 251 g/mol. The normalized spacial score (nSPS) is 10.9. The molecule has 0 amide bonds. The molecule has 0 aliphatic carbocycles. The van der Waals surface area contributed by atoms with Crippen LogP contribution in [0.15, 0.2) is 18.3 Å². The summed E-state index contributed by atoms with van der Waals surface area (Å²) in [5.41, 5.74) is 1.28. The number of aliphatic hydroxyl groups is 1. The summed E-state index contributed by atoms with van der Waals surface area (Å²) in [6.45, 7) is 5.29. The molecule has 0 aliphatic rings. The van der Waals surface area contributed by atoms with Crippen molar-refractivity contribution < 1.29 is 5.11 Å². The molecule has 0 aliphatic heterocycles. The van der Waals surface area contributed by atoms with E-state index < -0.39 is 0 Å². The fourth-order valence-electron chi connectivity index (χ4n) is 1.91. The zero-order valence-electron chi connectivity index (χ0n) is 11.5. The van der Waals surface area contributed by atoms with Gasteiger partial charge in [0.2, 0.25) is 0 Å². The van der Waals surface area contributed by atoms with Gasteiger partial charge in [0.25, 0.3) is 0 Å². The first-order valence-electron chi connectivity index (χ1n) is 6.74. The highest BCUT2D eigenvalue weighted by atomic mass is 16.2. The highest BCUT2D eigenvalue weighted by molar-refractivity contribution is 5.37. The van der Waals surface area contributed by atoms with Gasteiger partial charge < -0.3 is 15.3 Å². The van der Waals surface area contributed by atoms with Crippen LogP contribution in [0.4, 0.5) is 5.82 Å². The predicted octanol–water partition coefficient (Wildman–Crippen LogP) is 2.11. The lowest BCUT2D eigenvalue weighted by atomic mass is 10.2. The highest BCUT2D eigenvalue weighted by Crippen LogP contribution is 2.09. The van der Waals surface area contributed by atoms with Crippen molar-refractivity contribution in [3.8, 4) is 0 Å². The SMILES string of the molecule is CCNc1cc(CN(C)CCCCCO)ccn1. The van der Waals surface area contributed by atoms with Crippen LogP contribution in [0.1, 0.15) is 31.7 Å². The second-order valence-corrected chi connectivity index (χ2v) is 4.60. The maximum absolute atomic E-state index is 8.72. The van der Waals surface area contributed by atoms with Crippen molar-refractivity contribution in [2.24, 2.45) is 0 Å². The number of nitrogens with one attached hydrogen (secondary N) is 1. The van der Waals surface area contributed by atoms with Crippen molar-refractivity contribution in [2.45, 2.75) is 32.7 Å². The smallest absolute Gasteiger partial charge is 0.126 e. The van der Waals surface area contributed by atoms with Crippen LogP contribution >= 0.6 is 0 Å². The molecule has 102 valence electrons. The predicted molar refractivity (Wildman–Crippen MR) is 75.7 cm³/mol. The van der Waals surface area contributed by atoms with Gasteiger partial charge in [-0.1, -0.05) is 0 Å². The van der Waals surface area contributed by atoms with Crippen molar-refractivity contribution in [1.82, 2.24) is 9.88 Å². The largest absolute Gasteiger partial charge is 0.396 e. The van der Waals surface area contributed by atoms with Crippen LogP contribution in [0.2, 0.25) is 0 Å². The third-order valence-electron chi connectivity index (χ3n) is 2.83. The molecule has 0 unspecified atom stereocenters. The summed E-state index contributed by atoms with van der Waals surface area (Å²) in [7, 11) is 2.13. The summed E-state index contributed by atoms with van der Waals surface area (Å²) in [4.78, 5) is 6.57. The van der Waals surface area contributed by atoms with E-state index in [0.717, 1.165) is 44.7 Å². The van der Waals surface area contributed by atoms with E-state index in [0.29, 0.717) is 6.61 Å². The summed E-state index contributed by atoms with van der Waals surface area (Å²) in [5.74, 6) is 0.948. The zero-order chi connectivity index (χ0) is 13.2. The second kappa shape index (κ2) is 8.89. The number of unbranched alkanes of at least 4 members (excludes halogenated alkanes) is 2. The molecule has 4 heteroatoms. The van der Waals surface area contributed by atoms with Crippen LogP contribution in [0.5, 0.6) is 0 Å². The second-order valence-electron chi connectivity index (χ2n) is 4.60. The Balaban J connectivity index is 2.34. The summed E-state index contributed by atoms with van der Waals surface area (Å²) >= 11 is 0. The van der Waals surface area contributed by atoms with Gasteiger partial charge in [-0.3, -0.25) is 0 Å². The fourth-order valence-corrected chi connectivity index (χ4v) is 1.91. The third kappa shape index (κ3) is 5.98. The molecule has 1 heterocycles. The molecule has 0 aromatic carbocycles. The Morgan fingerprint density at radius 2 is 2.17 bits per heavy atom. The van der Waals surface area contributed by atoms with E-state index in [2.05, 4.69) is 41.3 Å². The van der Waals surface area contributed by atoms with Gasteiger partial charge in [-0.2, -0.15) is 0 Å². The van der Waals surface area contributed by atoms with Crippen molar-refractivity contribution in [3.05, 3.63) is 23.9 Å². The van der Waals surface area contributed by atoms with E-state index in [-0.39, 0.29) is 0 Å². The number of aliphatic hydroxyl groups excluding tert-OH is 1. The first-order valence-corrected chi connectivity index (χ1v) is 6.74. The zero-order valence-corrected chi connectivity index (χ0v) is 11.5. The van der Waals surface area contributed by atoms with E-state index in [1.807, 2.05) is 6.20 Å². The van der Waals surface area contributed by atoms with Crippen molar-refractivity contribution >= 4 is 5.82 Å². The number of hydrogen-bond acceptors (Lipinski definition) is 4. The van der Waals surface area contributed by atoms with Gasteiger partial charge in [0.05, 0.1) is 0 Å². The Kier molecular flexibility index (Phi) is 7.37. The number of hydrogen-bond donors (Lipinski definition) is 2. The van der Waals surface area contributed by atoms with E-state index >= 15 is 0 Å². The molecule has 2 N–H and O–H groups in total. The molecule has 0 spiro atoms. The number of pyridine rings is 1. The molecule has 0 fully saturated rings. The molecule has 0 bridgehead atoms. The van der Waals surface area contributed by atoms with Gasteiger partial charge in [0.15, 0.2) is 0 Å². The Labute approximate surface area is 110 Å². The van der Waals surface area contributed by atoms with E-state index in [1.54, 1.807) is 0 Å². The van der Waals surface area contributed by atoms with Gasteiger partial charge in [0, 0.05) is 25.9 Å². The fraction of sp³-hybridized carbons (Fsp3) is 0.643. The highest BCUT2D eigenvalue weighted by Gasteiger charge is 2.01. The van der Waals surface area contributed by atoms with Gasteiger partial charge in [-0.25, -0.2) is 4.98 Å². The number of anilines is 1. The topological polar surface area (TPSA) is 48.4 Å². The lowest BCUT2D eigenvalue weighted by molar-refractivity contribution is 0.271. The molecule has 0 saturated carbocycles. The average Bonchev–Trinajstić information content (AvgIpc) is 2.35. The molecule has 1 aromatic rings. The van der Waals surface area contributed by atoms with Crippen molar-refractivity contribution in [3.63, 3.8) is 0 Å². The Morgan fingerprint density at radius 1 is 1.33 bits per heavy atom. The van der Waals surface area contributed by atoms with Gasteiger partial charge in [-0.05, 0) is 57.5 Å². The van der Waals surface area contributed by atoms with Gasteiger partial charge in [0.1, 0.15) is 5.82 Å². The van der Waals surface area contributed by atoms with Crippen molar-refractivity contribution in [2.75, 3.05) is 32.1 Å². The molecule has 18 heavy (non-hydrogen) atoms. The summed E-state index contributed by atoms with van der Waals surface area (Å²) < 4.78 is 0. The quantitative estimate of drug-likeness (QED) is 0.660. The van der Waals surface area contributed by atoms with Crippen LogP contribution < -0.4 is 5.32 Å². The van der Waals surface area contributed by atoms with Crippen LogP contribution in [0, 0.1) is 0 Å². The first kappa shape index (κ1) is 14.9. The van der Waals surface area contributed by atoms with Gasteiger partial charge >= 0.3 is 0 Å². The summed E-state index contributed by atoms with van der Waals surface area (Å²) in [6, 6.07) is 4.17. The number of nitrogens with zero attached hydrogens (tertiary/aromatic N) is 2. The summed E-state index contributed by atoms with van der Waals surface area (Å²) in [6.07, 6.45) is 5.00. The van der Waals surface area contributed by atoms with Gasteiger partial charge in [-0.15, -0.1) is 0 Å². The minimum Gasteiger partial charge on any atom is -0.396 e. The van der Waals surface area contributed by atoms with E-state index in [4.69, 9.17) is 5.11 Å². The van der Waals surface area contributed by atoms with E-state index in [1.165, 1.54) is 5.56 Å². The van der Waals surface area contributed by atoms with E-state index in [9.17, 15) is 0 Å². The lowest BCUT2D eigenvalue weighted by Crippen LogP contribution is -2.19. The Bertz CT molecular complexity index is 331. The molecule has 4 nitrogen and oxygen atoms in total. The van der Waals surface area contributed by atoms with Crippen LogP contribution in [-0.2, 0) is 6.54 Å².